The van der Waals surface area contributed by atoms with Crippen molar-refractivity contribution in [1.29, 1.82) is 0 Å². The third kappa shape index (κ3) is 4.68. The number of rotatable bonds is 5. The molecule has 0 aliphatic rings. The van der Waals surface area contributed by atoms with E-state index >= 15 is 0 Å². The first kappa shape index (κ1) is 10.9. The Balaban J connectivity index is 3.50. The van der Waals surface area contributed by atoms with Gasteiger partial charge in [0.1, 0.15) is 0 Å². The smallest absolute Gasteiger partial charge is 0.332 e. The zero-order valence-electron chi connectivity index (χ0n) is 7.16. The van der Waals surface area contributed by atoms with Crippen molar-refractivity contribution in [3.63, 3.8) is 0 Å². The molecule has 1 unspecified atom stereocenters. The van der Waals surface area contributed by atoms with E-state index in [9.17, 15) is 9.59 Å². The second-order valence-electron chi connectivity index (χ2n) is 2.46. The van der Waals surface area contributed by atoms with E-state index in [0.29, 0.717) is 6.42 Å². The summed E-state index contributed by atoms with van der Waals surface area (Å²) in [5.41, 5.74) is 2.04. The van der Waals surface area contributed by atoms with Gasteiger partial charge in [-0.05, 0) is 6.42 Å². The van der Waals surface area contributed by atoms with Crippen LogP contribution in [-0.4, -0.2) is 23.6 Å². The molecule has 70 valence electrons. The molecule has 5 heteroatoms. The van der Waals surface area contributed by atoms with Crippen molar-refractivity contribution in [2.45, 2.75) is 20.3 Å². The SMILES string of the molecule is CCC(C)C(=O)NOCC(=O)O. The van der Waals surface area contributed by atoms with E-state index in [-0.39, 0.29) is 11.8 Å². The molecule has 0 saturated carbocycles. The van der Waals surface area contributed by atoms with Crippen molar-refractivity contribution < 1.29 is 19.5 Å². The number of carbonyl (C=O) groups is 2. The van der Waals surface area contributed by atoms with Gasteiger partial charge in [0.2, 0.25) is 5.91 Å². The first-order chi connectivity index (χ1) is 5.57. The first-order valence-corrected chi connectivity index (χ1v) is 3.71. The molecule has 1 amide bonds. The van der Waals surface area contributed by atoms with E-state index in [2.05, 4.69) is 4.84 Å². The average molecular weight is 175 g/mol. The maximum atomic E-state index is 10.9. The molecule has 0 fully saturated rings. The summed E-state index contributed by atoms with van der Waals surface area (Å²) in [5.74, 6) is -1.56. The molecule has 0 heterocycles. The lowest BCUT2D eigenvalue weighted by Crippen LogP contribution is -2.30. The van der Waals surface area contributed by atoms with Crippen LogP contribution >= 0.6 is 0 Å². The minimum absolute atomic E-state index is 0.154. The van der Waals surface area contributed by atoms with Crippen LogP contribution in [0.15, 0.2) is 0 Å². The van der Waals surface area contributed by atoms with E-state index in [1.54, 1.807) is 6.92 Å². The Kier molecular flexibility index (Phi) is 5.03. The van der Waals surface area contributed by atoms with Crippen molar-refractivity contribution in [3.05, 3.63) is 0 Å². The lowest BCUT2D eigenvalue weighted by atomic mass is 10.1. The molecule has 0 aliphatic heterocycles. The highest BCUT2D eigenvalue weighted by Crippen LogP contribution is 1.98. The fourth-order valence-corrected chi connectivity index (χ4v) is 0.455. The molecular formula is C7H13NO4. The number of carboxylic acids is 1. The largest absolute Gasteiger partial charge is 0.479 e. The van der Waals surface area contributed by atoms with Gasteiger partial charge in [-0.15, -0.1) is 0 Å². The standard InChI is InChI=1S/C7H13NO4/c1-3-5(2)7(11)8-12-4-6(9)10/h5H,3-4H2,1-2H3,(H,8,11)(H,9,10). The molecule has 1 atom stereocenters. The Morgan fingerprint density at radius 1 is 1.58 bits per heavy atom. The van der Waals surface area contributed by atoms with Crippen LogP contribution < -0.4 is 5.48 Å². The minimum atomic E-state index is -1.11. The molecule has 0 saturated heterocycles. The van der Waals surface area contributed by atoms with Crippen LogP contribution in [0.3, 0.4) is 0 Å². The van der Waals surface area contributed by atoms with Gasteiger partial charge < -0.3 is 5.11 Å². The number of carbonyl (C=O) groups excluding carboxylic acids is 1. The van der Waals surface area contributed by atoms with Gasteiger partial charge in [-0.3, -0.25) is 9.63 Å². The maximum Gasteiger partial charge on any atom is 0.332 e. The summed E-state index contributed by atoms with van der Waals surface area (Å²) in [6.07, 6.45) is 0.697. The van der Waals surface area contributed by atoms with E-state index in [1.807, 2.05) is 12.4 Å². The van der Waals surface area contributed by atoms with E-state index in [4.69, 9.17) is 5.11 Å². The monoisotopic (exact) mass is 175 g/mol. The van der Waals surface area contributed by atoms with Gasteiger partial charge in [-0.25, -0.2) is 10.3 Å². The number of hydrogen-bond acceptors (Lipinski definition) is 3. The Morgan fingerprint density at radius 3 is 2.58 bits per heavy atom. The third-order valence-corrected chi connectivity index (χ3v) is 1.43. The number of aliphatic carboxylic acids is 1. The summed E-state index contributed by atoms with van der Waals surface area (Å²) in [5, 5.41) is 8.15. The van der Waals surface area contributed by atoms with Crippen molar-refractivity contribution >= 4 is 11.9 Å². The van der Waals surface area contributed by atoms with Crippen LogP contribution in [0.2, 0.25) is 0 Å². The summed E-state index contributed by atoms with van der Waals surface area (Å²) >= 11 is 0. The van der Waals surface area contributed by atoms with Gasteiger partial charge in [-0.2, -0.15) is 0 Å². The number of carboxylic acid groups (broad SMARTS) is 1. The normalized spacial score (nSPS) is 12.2. The second-order valence-corrected chi connectivity index (χ2v) is 2.46. The van der Waals surface area contributed by atoms with Gasteiger partial charge >= 0.3 is 5.97 Å². The molecule has 0 bridgehead atoms. The zero-order valence-corrected chi connectivity index (χ0v) is 7.16. The molecule has 0 aromatic heterocycles. The number of nitrogens with one attached hydrogen (secondary N) is 1. The topological polar surface area (TPSA) is 75.6 Å². The fraction of sp³-hybridized carbons (Fsp3) is 0.714. The van der Waals surface area contributed by atoms with Crippen molar-refractivity contribution in [3.8, 4) is 0 Å². The second kappa shape index (κ2) is 5.54. The van der Waals surface area contributed by atoms with Gasteiger partial charge in [0.25, 0.3) is 0 Å². The highest BCUT2D eigenvalue weighted by molar-refractivity contribution is 5.77. The highest BCUT2D eigenvalue weighted by atomic mass is 16.7. The first-order valence-electron chi connectivity index (χ1n) is 3.71. The van der Waals surface area contributed by atoms with Crippen LogP contribution in [0.5, 0.6) is 0 Å². The quantitative estimate of drug-likeness (QED) is 0.584. The molecule has 0 aliphatic carbocycles. The number of amides is 1. The molecule has 12 heavy (non-hydrogen) atoms. The van der Waals surface area contributed by atoms with Gasteiger partial charge in [0.05, 0.1) is 0 Å². The molecule has 2 N–H and O–H groups in total. The van der Waals surface area contributed by atoms with E-state index in [1.165, 1.54) is 0 Å². The summed E-state index contributed by atoms with van der Waals surface area (Å²) < 4.78 is 0. The Labute approximate surface area is 70.7 Å². The maximum absolute atomic E-state index is 10.9. The van der Waals surface area contributed by atoms with Crippen LogP contribution in [-0.2, 0) is 14.4 Å². The molecule has 0 spiro atoms. The van der Waals surface area contributed by atoms with Crippen molar-refractivity contribution in [2.75, 3.05) is 6.61 Å². The van der Waals surface area contributed by atoms with Crippen molar-refractivity contribution in [2.24, 2.45) is 5.92 Å². The van der Waals surface area contributed by atoms with Crippen LogP contribution in [0.1, 0.15) is 20.3 Å². The predicted molar refractivity (Wildman–Crippen MR) is 41.2 cm³/mol. The Bertz CT molecular complexity index is 169. The third-order valence-electron chi connectivity index (χ3n) is 1.43. The molecule has 0 rings (SSSR count). The molecule has 0 aromatic rings. The van der Waals surface area contributed by atoms with Crippen molar-refractivity contribution in [1.82, 2.24) is 5.48 Å². The molecule has 0 aromatic carbocycles. The summed E-state index contributed by atoms with van der Waals surface area (Å²) in [6.45, 7) is 3.09. The lowest BCUT2D eigenvalue weighted by molar-refractivity contribution is -0.150. The van der Waals surface area contributed by atoms with Crippen LogP contribution in [0.4, 0.5) is 0 Å². The summed E-state index contributed by atoms with van der Waals surface area (Å²) in [7, 11) is 0. The molecule has 0 radical (unpaired) electrons. The molecule has 5 nitrogen and oxygen atoms in total. The highest BCUT2D eigenvalue weighted by Gasteiger charge is 2.10. The van der Waals surface area contributed by atoms with Gasteiger partial charge in [0.15, 0.2) is 6.61 Å². The van der Waals surface area contributed by atoms with Gasteiger partial charge in [-0.1, -0.05) is 13.8 Å². The summed E-state index contributed by atoms with van der Waals surface area (Å²) in [6, 6.07) is 0. The number of hydroxylamine groups is 1. The molecular weight excluding hydrogens is 162 g/mol. The zero-order chi connectivity index (χ0) is 9.56. The predicted octanol–water partition coefficient (Wildman–Crippen LogP) is 0.165. The minimum Gasteiger partial charge on any atom is -0.479 e. The fourth-order valence-electron chi connectivity index (χ4n) is 0.455. The summed E-state index contributed by atoms with van der Waals surface area (Å²) in [4.78, 5) is 25.3. The van der Waals surface area contributed by atoms with E-state index < -0.39 is 12.6 Å². The van der Waals surface area contributed by atoms with Crippen LogP contribution in [0, 0.1) is 5.92 Å². The number of hydrogen-bond donors (Lipinski definition) is 2. The van der Waals surface area contributed by atoms with Crippen LogP contribution in [0.25, 0.3) is 0 Å². The average Bonchev–Trinajstić information content (AvgIpc) is 2.02. The van der Waals surface area contributed by atoms with Gasteiger partial charge in [0, 0.05) is 5.92 Å². The van der Waals surface area contributed by atoms with E-state index in [0.717, 1.165) is 0 Å². The Morgan fingerprint density at radius 2 is 2.17 bits per heavy atom. The lowest BCUT2D eigenvalue weighted by Gasteiger charge is -2.07. The Hall–Kier alpha value is -1.10.